The van der Waals surface area contributed by atoms with Gasteiger partial charge in [-0.3, -0.25) is 0 Å². The Morgan fingerprint density at radius 1 is 1.10 bits per heavy atom. The van der Waals surface area contributed by atoms with Gasteiger partial charge in [-0.2, -0.15) is 0 Å². The number of nitrogens with two attached hydrogens (primary N) is 1. The van der Waals surface area contributed by atoms with Crippen molar-refractivity contribution in [3.8, 4) is 0 Å². The first-order chi connectivity index (χ1) is 4.77. The third kappa shape index (κ3) is 0.867. The highest BCUT2D eigenvalue weighted by Gasteiger charge is 2.40. The van der Waals surface area contributed by atoms with E-state index >= 15 is 0 Å². The molecule has 2 aliphatic carbocycles. The standard InChI is InChI=1S/C8H15NO/c9-7-3-5-1-2-6(4-7)8(5)10/h5-8,10H,1-4,9H2/t5-,6-,7?,8?/m0/s1. The number of aliphatic hydroxyl groups is 1. The van der Waals surface area contributed by atoms with Crippen LogP contribution >= 0.6 is 0 Å². The molecule has 0 spiro atoms. The van der Waals surface area contributed by atoms with Crippen LogP contribution in [-0.2, 0) is 0 Å². The Morgan fingerprint density at radius 2 is 1.60 bits per heavy atom. The molecule has 2 saturated carbocycles. The fraction of sp³-hybridized carbons (Fsp3) is 1.00. The summed E-state index contributed by atoms with van der Waals surface area (Å²) < 4.78 is 0. The maximum absolute atomic E-state index is 9.57. The van der Waals surface area contributed by atoms with Crippen LogP contribution in [0.25, 0.3) is 0 Å². The van der Waals surface area contributed by atoms with Crippen LogP contribution in [0.2, 0.25) is 0 Å². The van der Waals surface area contributed by atoms with Crippen LogP contribution < -0.4 is 5.73 Å². The van der Waals surface area contributed by atoms with Crippen molar-refractivity contribution in [3.05, 3.63) is 0 Å². The molecule has 2 nitrogen and oxygen atoms in total. The van der Waals surface area contributed by atoms with Crippen molar-refractivity contribution in [1.82, 2.24) is 0 Å². The van der Waals surface area contributed by atoms with E-state index in [-0.39, 0.29) is 6.10 Å². The van der Waals surface area contributed by atoms with Crippen molar-refractivity contribution in [2.75, 3.05) is 0 Å². The van der Waals surface area contributed by atoms with Gasteiger partial charge in [-0.25, -0.2) is 0 Å². The van der Waals surface area contributed by atoms with Gasteiger partial charge in [0.25, 0.3) is 0 Å². The molecule has 0 aliphatic heterocycles. The first kappa shape index (κ1) is 6.62. The first-order valence-corrected chi connectivity index (χ1v) is 4.21. The monoisotopic (exact) mass is 141 g/mol. The lowest BCUT2D eigenvalue weighted by atomic mass is 9.83. The molecule has 0 heterocycles. The molecular weight excluding hydrogens is 126 g/mol. The Hall–Kier alpha value is -0.0800. The Morgan fingerprint density at radius 3 is 2.10 bits per heavy atom. The van der Waals surface area contributed by atoms with Crippen molar-refractivity contribution in [2.45, 2.75) is 37.8 Å². The zero-order valence-corrected chi connectivity index (χ0v) is 6.16. The summed E-state index contributed by atoms with van der Waals surface area (Å²) >= 11 is 0. The number of hydrogen-bond donors (Lipinski definition) is 2. The lowest BCUT2D eigenvalue weighted by molar-refractivity contribution is 0.0532. The lowest BCUT2D eigenvalue weighted by Gasteiger charge is -2.29. The molecule has 10 heavy (non-hydrogen) atoms. The van der Waals surface area contributed by atoms with Crippen LogP contribution in [0.1, 0.15) is 25.7 Å². The summed E-state index contributed by atoms with van der Waals surface area (Å²) in [5, 5.41) is 9.57. The molecule has 2 aliphatic rings. The summed E-state index contributed by atoms with van der Waals surface area (Å²) in [5.41, 5.74) is 5.81. The molecule has 58 valence electrons. The average Bonchev–Trinajstić information content (AvgIpc) is 2.20. The molecular formula is C8H15NO. The fourth-order valence-electron chi connectivity index (χ4n) is 2.54. The largest absolute Gasteiger partial charge is 0.393 e. The maximum Gasteiger partial charge on any atom is 0.0597 e. The van der Waals surface area contributed by atoms with Crippen molar-refractivity contribution in [3.63, 3.8) is 0 Å². The van der Waals surface area contributed by atoms with E-state index in [1.165, 1.54) is 12.8 Å². The molecule has 3 N–H and O–H groups in total. The number of rotatable bonds is 0. The van der Waals surface area contributed by atoms with E-state index in [0.717, 1.165) is 12.8 Å². The average molecular weight is 141 g/mol. The molecule has 0 unspecified atom stereocenters. The van der Waals surface area contributed by atoms with Crippen LogP contribution in [0.4, 0.5) is 0 Å². The summed E-state index contributed by atoms with van der Waals surface area (Å²) in [5.74, 6) is 1.07. The van der Waals surface area contributed by atoms with Crippen LogP contribution in [0.5, 0.6) is 0 Å². The van der Waals surface area contributed by atoms with Gasteiger partial charge in [-0.15, -0.1) is 0 Å². The van der Waals surface area contributed by atoms with E-state index in [1.54, 1.807) is 0 Å². The van der Waals surface area contributed by atoms with Gasteiger partial charge in [-0.1, -0.05) is 0 Å². The normalized spacial score (nSPS) is 53.4. The second-order valence-electron chi connectivity index (χ2n) is 3.82. The van der Waals surface area contributed by atoms with E-state index in [2.05, 4.69) is 0 Å². The highest BCUT2D eigenvalue weighted by atomic mass is 16.3. The first-order valence-electron chi connectivity index (χ1n) is 4.21. The fourth-order valence-corrected chi connectivity index (χ4v) is 2.54. The van der Waals surface area contributed by atoms with Crippen LogP contribution in [-0.4, -0.2) is 17.3 Å². The smallest absolute Gasteiger partial charge is 0.0597 e. The lowest BCUT2D eigenvalue weighted by Crippen LogP contribution is -2.37. The van der Waals surface area contributed by atoms with Gasteiger partial charge >= 0.3 is 0 Å². The minimum absolute atomic E-state index is 0.0141. The molecule has 0 saturated heterocycles. The van der Waals surface area contributed by atoms with Gasteiger partial charge in [0.15, 0.2) is 0 Å². The Kier molecular flexibility index (Phi) is 1.46. The van der Waals surface area contributed by atoms with Crippen LogP contribution in [0, 0.1) is 11.8 Å². The second-order valence-corrected chi connectivity index (χ2v) is 3.82. The molecule has 2 bridgehead atoms. The molecule has 0 radical (unpaired) electrons. The molecule has 0 aromatic rings. The Balaban J connectivity index is 2.09. The minimum Gasteiger partial charge on any atom is -0.393 e. The van der Waals surface area contributed by atoms with Gasteiger partial charge in [0.2, 0.25) is 0 Å². The SMILES string of the molecule is NC1C[C@@H]2CC[C@@H](C1)C2O. The number of hydrogen-bond acceptors (Lipinski definition) is 2. The van der Waals surface area contributed by atoms with Crippen molar-refractivity contribution < 1.29 is 5.11 Å². The highest BCUT2D eigenvalue weighted by Crippen LogP contribution is 2.41. The summed E-state index contributed by atoms with van der Waals surface area (Å²) in [6.07, 6.45) is 4.51. The highest BCUT2D eigenvalue weighted by molar-refractivity contribution is 4.93. The zero-order valence-electron chi connectivity index (χ0n) is 6.16. The van der Waals surface area contributed by atoms with Gasteiger partial charge < -0.3 is 10.8 Å². The quantitative estimate of drug-likeness (QED) is 0.516. The molecule has 2 fully saturated rings. The third-order valence-corrected chi connectivity index (χ3v) is 3.09. The molecule has 0 aromatic carbocycles. The summed E-state index contributed by atoms with van der Waals surface area (Å²) in [7, 11) is 0. The predicted octanol–water partition coefficient (Wildman–Crippen LogP) is 0.495. The van der Waals surface area contributed by atoms with E-state index in [4.69, 9.17) is 5.73 Å². The number of fused-ring (bicyclic) bond motifs is 2. The molecule has 0 aromatic heterocycles. The molecule has 2 atom stereocenters. The van der Waals surface area contributed by atoms with Crippen LogP contribution in [0.15, 0.2) is 0 Å². The zero-order chi connectivity index (χ0) is 7.14. The summed E-state index contributed by atoms with van der Waals surface area (Å²) in [6, 6.07) is 0.376. The van der Waals surface area contributed by atoms with E-state index in [9.17, 15) is 5.11 Å². The Labute approximate surface area is 61.4 Å². The molecule has 2 heteroatoms. The van der Waals surface area contributed by atoms with E-state index in [0.29, 0.717) is 17.9 Å². The van der Waals surface area contributed by atoms with Crippen molar-refractivity contribution in [1.29, 1.82) is 0 Å². The van der Waals surface area contributed by atoms with Crippen molar-refractivity contribution in [2.24, 2.45) is 17.6 Å². The Bertz CT molecular complexity index is 123. The topological polar surface area (TPSA) is 46.2 Å². The van der Waals surface area contributed by atoms with E-state index in [1.807, 2.05) is 0 Å². The molecule has 2 rings (SSSR count). The minimum atomic E-state index is -0.0141. The third-order valence-electron chi connectivity index (χ3n) is 3.09. The van der Waals surface area contributed by atoms with Crippen molar-refractivity contribution >= 4 is 0 Å². The molecule has 0 amide bonds. The van der Waals surface area contributed by atoms with Gasteiger partial charge in [0, 0.05) is 6.04 Å². The summed E-state index contributed by atoms with van der Waals surface area (Å²) in [4.78, 5) is 0. The van der Waals surface area contributed by atoms with Gasteiger partial charge in [0.05, 0.1) is 6.10 Å². The second kappa shape index (κ2) is 2.21. The predicted molar refractivity (Wildman–Crippen MR) is 39.4 cm³/mol. The number of aliphatic hydroxyl groups excluding tert-OH is 1. The summed E-state index contributed by atoms with van der Waals surface area (Å²) in [6.45, 7) is 0. The maximum atomic E-state index is 9.57. The van der Waals surface area contributed by atoms with Gasteiger partial charge in [0.1, 0.15) is 0 Å². The van der Waals surface area contributed by atoms with Crippen LogP contribution in [0.3, 0.4) is 0 Å². The van der Waals surface area contributed by atoms with E-state index < -0.39 is 0 Å². The van der Waals surface area contributed by atoms with Gasteiger partial charge in [-0.05, 0) is 37.5 Å².